The fourth-order valence-corrected chi connectivity index (χ4v) is 1.57. The number of carboxylic acids is 1. The molecule has 5 heteroatoms. The standard InChI is InChI=1S/C11H21NO3S/c1-7(2)8(3)10(13)12-9(11(14)15)5-6-16-4/h7-9H,5-6H2,1-4H3,(H,12,13)(H,14,15). The molecule has 1 amide bonds. The van der Waals surface area contributed by atoms with E-state index in [4.69, 9.17) is 5.11 Å². The van der Waals surface area contributed by atoms with Gasteiger partial charge in [0.15, 0.2) is 0 Å². The first kappa shape index (κ1) is 15.3. The number of hydrogen-bond acceptors (Lipinski definition) is 3. The lowest BCUT2D eigenvalue weighted by molar-refractivity contribution is -0.142. The Morgan fingerprint density at radius 3 is 2.25 bits per heavy atom. The monoisotopic (exact) mass is 247 g/mol. The zero-order valence-corrected chi connectivity index (χ0v) is 11.1. The molecule has 0 aliphatic rings. The zero-order chi connectivity index (χ0) is 12.7. The van der Waals surface area contributed by atoms with Gasteiger partial charge in [0.25, 0.3) is 0 Å². The lowest BCUT2D eigenvalue weighted by Gasteiger charge is -2.19. The number of carbonyl (C=O) groups is 2. The second-order valence-electron chi connectivity index (χ2n) is 4.21. The number of hydrogen-bond donors (Lipinski definition) is 2. The van der Waals surface area contributed by atoms with Crippen molar-refractivity contribution in [3.8, 4) is 0 Å². The van der Waals surface area contributed by atoms with Crippen molar-refractivity contribution < 1.29 is 14.7 Å². The van der Waals surface area contributed by atoms with Crippen molar-refractivity contribution in [3.63, 3.8) is 0 Å². The molecule has 2 N–H and O–H groups in total. The Balaban J connectivity index is 4.28. The van der Waals surface area contributed by atoms with Crippen LogP contribution in [0.4, 0.5) is 0 Å². The van der Waals surface area contributed by atoms with Gasteiger partial charge in [0, 0.05) is 5.92 Å². The third kappa shape index (κ3) is 5.39. The van der Waals surface area contributed by atoms with Crippen molar-refractivity contribution in [2.24, 2.45) is 11.8 Å². The van der Waals surface area contributed by atoms with Crippen molar-refractivity contribution in [2.75, 3.05) is 12.0 Å². The van der Waals surface area contributed by atoms with Gasteiger partial charge in [0.1, 0.15) is 6.04 Å². The molecule has 2 unspecified atom stereocenters. The van der Waals surface area contributed by atoms with E-state index in [-0.39, 0.29) is 17.7 Å². The number of amides is 1. The van der Waals surface area contributed by atoms with Gasteiger partial charge in [0.2, 0.25) is 5.91 Å². The van der Waals surface area contributed by atoms with Crippen LogP contribution in [0.5, 0.6) is 0 Å². The van der Waals surface area contributed by atoms with Gasteiger partial charge in [-0.1, -0.05) is 20.8 Å². The van der Waals surface area contributed by atoms with Gasteiger partial charge in [0.05, 0.1) is 0 Å². The first-order chi connectivity index (χ1) is 7.40. The Morgan fingerprint density at radius 1 is 1.31 bits per heavy atom. The lowest BCUT2D eigenvalue weighted by Crippen LogP contribution is -2.44. The summed E-state index contributed by atoms with van der Waals surface area (Å²) in [5.41, 5.74) is 0. The summed E-state index contributed by atoms with van der Waals surface area (Å²) in [6, 6.07) is -0.763. The third-order valence-electron chi connectivity index (χ3n) is 2.64. The van der Waals surface area contributed by atoms with E-state index >= 15 is 0 Å². The summed E-state index contributed by atoms with van der Waals surface area (Å²) in [6.07, 6.45) is 2.38. The van der Waals surface area contributed by atoms with Crippen molar-refractivity contribution >= 4 is 23.6 Å². The first-order valence-corrected chi connectivity index (χ1v) is 6.81. The minimum atomic E-state index is -0.960. The molecular weight excluding hydrogens is 226 g/mol. The molecule has 0 spiro atoms. The van der Waals surface area contributed by atoms with Crippen molar-refractivity contribution in [3.05, 3.63) is 0 Å². The van der Waals surface area contributed by atoms with E-state index in [0.29, 0.717) is 6.42 Å². The molecular formula is C11H21NO3S. The number of carbonyl (C=O) groups excluding carboxylic acids is 1. The normalized spacial score (nSPS) is 14.6. The average molecular weight is 247 g/mol. The van der Waals surface area contributed by atoms with Crippen LogP contribution >= 0.6 is 11.8 Å². The van der Waals surface area contributed by atoms with E-state index in [9.17, 15) is 9.59 Å². The second kappa shape index (κ2) is 7.54. The highest BCUT2D eigenvalue weighted by atomic mass is 32.2. The highest BCUT2D eigenvalue weighted by molar-refractivity contribution is 7.98. The molecule has 16 heavy (non-hydrogen) atoms. The Kier molecular flexibility index (Phi) is 7.21. The number of rotatable bonds is 7. The maximum Gasteiger partial charge on any atom is 0.326 e. The minimum Gasteiger partial charge on any atom is -0.480 e. The summed E-state index contributed by atoms with van der Waals surface area (Å²) >= 11 is 1.57. The predicted molar refractivity (Wildman–Crippen MR) is 66.6 cm³/mol. The van der Waals surface area contributed by atoms with Gasteiger partial charge in [-0.25, -0.2) is 4.79 Å². The molecule has 0 rings (SSSR count). The van der Waals surface area contributed by atoms with Gasteiger partial charge in [-0.05, 0) is 24.3 Å². The molecule has 0 fully saturated rings. The van der Waals surface area contributed by atoms with Crippen molar-refractivity contribution in [1.29, 1.82) is 0 Å². The summed E-state index contributed by atoms with van der Waals surface area (Å²) in [4.78, 5) is 22.6. The van der Waals surface area contributed by atoms with Crippen LogP contribution in [0.1, 0.15) is 27.2 Å². The molecule has 4 nitrogen and oxygen atoms in total. The molecule has 94 valence electrons. The summed E-state index contributed by atoms with van der Waals surface area (Å²) in [6.45, 7) is 5.71. The van der Waals surface area contributed by atoms with Crippen LogP contribution < -0.4 is 5.32 Å². The summed E-state index contributed by atoms with van der Waals surface area (Å²) < 4.78 is 0. The van der Waals surface area contributed by atoms with Crippen LogP contribution in [0, 0.1) is 11.8 Å². The topological polar surface area (TPSA) is 66.4 Å². The minimum absolute atomic E-state index is 0.156. The Morgan fingerprint density at radius 2 is 1.88 bits per heavy atom. The zero-order valence-electron chi connectivity index (χ0n) is 10.3. The quantitative estimate of drug-likeness (QED) is 0.717. The van der Waals surface area contributed by atoms with Crippen LogP contribution in [-0.2, 0) is 9.59 Å². The summed E-state index contributed by atoms with van der Waals surface area (Å²) in [5.74, 6) is -0.346. The van der Waals surface area contributed by atoms with Gasteiger partial charge >= 0.3 is 5.97 Å². The average Bonchev–Trinajstić information content (AvgIpc) is 2.21. The molecule has 2 atom stereocenters. The number of nitrogens with one attached hydrogen (secondary N) is 1. The molecule has 0 aliphatic heterocycles. The first-order valence-electron chi connectivity index (χ1n) is 5.42. The largest absolute Gasteiger partial charge is 0.480 e. The Labute approximate surface area is 101 Å². The number of aliphatic carboxylic acids is 1. The van der Waals surface area contributed by atoms with E-state index in [1.54, 1.807) is 11.8 Å². The van der Waals surface area contributed by atoms with E-state index in [1.165, 1.54) is 0 Å². The maximum absolute atomic E-state index is 11.7. The summed E-state index contributed by atoms with van der Waals surface area (Å²) in [5, 5.41) is 11.5. The van der Waals surface area contributed by atoms with Crippen LogP contribution in [-0.4, -0.2) is 35.0 Å². The van der Waals surface area contributed by atoms with Gasteiger partial charge in [-0.15, -0.1) is 0 Å². The third-order valence-corrected chi connectivity index (χ3v) is 3.28. The molecule has 0 bridgehead atoms. The van der Waals surface area contributed by atoms with Crippen molar-refractivity contribution in [2.45, 2.75) is 33.2 Å². The highest BCUT2D eigenvalue weighted by Gasteiger charge is 2.23. The molecule has 0 aromatic carbocycles. The van der Waals surface area contributed by atoms with Gasteiger partial charge in [-0.3, -0.25) is 4.79 Å². The summed E-state index contributed by atoms with van der Waals surface area (Å²) in [7, 11) is 0. The van der Waals surface area contributed by atoms with Crippen LogP contribution in [0.15, 0.2) is 0 Å². The van der Waals surface area contributed by atoms with Crippen molar-refractivity contribution in [1.82, 2.24) is 5.32 Å². The molecule has 0 heterocycles. The second-order valence-corrected chi connectivity index (χ2v) is 5.20. The Hall–Kier alpha value is -0.710. The molecule has 0 aromatic heterocycles. The van der Waals surface area contributed by atoms with E-state index in [1.807, 2.05) is 27.0 Å². The molecule has 0 saturated carbocycles. The molecule has 0 aromatic rings. The van der Waals surface area contributed by atoms with Crippen LogP contribution in [0.2, 0.25) is 0 Å². The van der Waals surface area contributed by atoms with Crippen LogP contribution in [0.25, 0.3) is 0 Å². The fourth-order valence-electron chi connectivity index (χ4n) is 1.10. The van der Waals surface area contributed by atoms with E-state index in [0.717, 1.165) is 5.75 Å². The molecule has 0 aliphatic carbocycles. The number of thioether (sulfide) groups is 1. The Bertz CT molecular complexity index is 243. The SMILES string of the molecule is CSCCC(NC(=O)C(C)C(C)C)C(=O)O. The molecule has 0 saturated heterocycles. The smallest absolute Gasteiger partial charge is 0.326 e. The van der Waals surface area contributed by atoms with Gasteiger partial charge in [-0.2, -0.15) is 11.8 Å². The predicted octanol–water partition coefficient (Wildman–Crippen LogP) is 1.60. The molecule has 0 radical (unpaired) electrons. The van der Waals surface area contributed by atoms with Gasteiger partial charge < -0.3 is 10.4 Å². The number of carboxylic acid groups (broad SMARTS) is 1. The van der Waals surface area contributed by atoms with E-state index < -0.39 is 12.0 Å². The maximum atomic E-state index is 11.7. The highest BCUT2D eigenvalue weighted by Crippen LogP contribution is 2.10. The van der Waals surface area contributed by atoms with E-state index in [2.05, 4.69) is 5.32 Å². The lowest BCUT2D eigenvalue weighted by atomic mass is 9.97. The van der Waals surface area contributed by atoms with Crippen LogP contribution in [0.3, 0.4) is 0 Å². The fraction of sp³-hybridized carbons (Fsp3) is 0.818.